The van der Waals surface area contributed by atoms with Gasteiger partial charge in [-0.2, -0.15) is 0 Å². The minimum Gasteiger partial charge on any atom is -0.384 e. The lowest BCUT2D eigenvalue weighted by atomic mass is 10.0. The number of methoxy groups -OCH3 is 1. The van der Waals surface area contributed by atoms with Gasteiger partial charge in [0.15, 0.2) is 0 Å². The summed E-state index contributed by atoms with van der Waals surface area (Å²) in [6.07, 6.45) is 1.67. The lowest BCUT2D eigenvalue weighted by Crippen LogP contribution is -2.21. The zero-order valence-corrected chi connectivity index (χ0v) is 13.9. The first kappa shape index (κ1) is 17.9. The minimum absolute atomic E-state index is 0.0458. The maximum Gasteiger partial charge on any atom is 0.227 e. The first-order chi connectivity index (χ1) is 10.1. The molecule has 1 aromatic carbocycles. The quantitative estimate of drug-likeness (QED) is 0.763. The molecule has 0 aliphatic rings. The van der Waals surface area contributed by atoms with Gasteiger partial charge in [-0.3, -0.25) is 9.00 Å². The highest BCUT2D eigenvalue weighted by molar-refractivity contribution is 7.84. The van der Waals surface area contributed by atoms with Gasteiger partial charge in [0.1, 0.15) is 0 Å². The molecule has 4 nitrogen and oxygen atoms in total. The van der Waals surface area contributed by atoms with E-state index in [0.29, 0.717) is 18.1 Å². The maximum absolute atomic E-state index is 12.1. The first-order valence-corrected chi connectivity index (χ1v) is 8.83. The van der Waals surface area contributed by atoms with Crippen molar-refractivity contribution in [2.45, 2.75) is 32.4 Å². The molecule has 0 aliphatic heterocycles. The Balaban J connectivity index is 2.63. The van der Waals surface area contributed by atoms with Gasteiger partial charge in [-0.05, 0) is 30.5 Å². The van der Waals surface area contributed by atoms with Crippen LogP contribution in [0, 0.1) is 5.92 Å². The Morgan fingerprint density at radius 2 is 2.05 bits per heavy atom. The van der Waals surface area contributed by atoms with Crippen LogP contribution in [-0.2, 0) is 26.1 Å². The summed E-state index contributed by atoms with van der Waals surface area (Å²) in [5.41, 5.74) is 1.74. The number of nitrogens with one attached hydrogen (secondary N) is 1. The van der Waals surface area contributed by atoms with E-state index >= 15 is 0 Å². The van der Waals surface area contributed by atoms with Crippen molar-refractivity contribution < 1.29 is 13.7 Å². The van der Waals surface area contributed by atoms with Crippen molar-refractivity contribution in [3.8, 4) is 0 Å². The van der Waals surface area contributed by atoms with Crippen molar-refractivity contribution in [2.24, 2.45) is 5.92 Å². The molecule has 0 heterocycles. The highest BCUT2D eigenvalue weighted by atomic mass is 32.2. The molecule has 0 saturated heterocycles. The van der Waals surface area contributed by atoms with Crippen molar-refractivity contribution in [2.75, 3.05) is 24.8 Å². The van der Waals surface area contributed by atoms with E-state index in [1.54, 1.807) is 7.11 Å². The molecule has 0 spiro atoms. The molecule has 1 rings (SSSR count). The molecule has 0 bridgehead atoms. The molecule has 21 heavy (non-hydrogen) atoms. The SMILES string of the molecule is CCC(CC)C(=O)Nc1cccc(CS(=O)CCOC)c1. The van der Waals surface area contributed by atoms with Gasteiger partial charge in [0.05, 0.1) is 6.61 Å². The molecule has 5 heteroatoms. The van der Waals surface area contributed by atoms with Crippen LogP contribution in [0.4, 0.5) is 5.69 Å². The zero-order chi connectivity index (χ0) is 15.7. The molecule has 0 radical (unpaired) electrons. The largest absolute Gasteiger partial charge is 0.384 e. The fourth-order valence-corrected chi connectivity index (χ4v) is 3.13. The lowest BCUT2D eigenvalue weighted by Gasteiger charge is -2.13. The van der Waals surface area contributed by atoms with Gasteiger partial charge in [0.2, 0.25) is 5.91 Å². The fraction of sp³-hybridized carbons (Fsp3) is 0.562. The molecule has 0 aromatic heterocycles. The molecule has 0 fully saturated rings. The van der Waals surface area contributed by atoms with Crippen LogP contribution in [0.2, 0.25) is 0 Å². The van der Waals surface area contributed by atoms with E-state index in [1.807, 2.05) is 38.1 Å². The number of benzene rings is 1. The molecule has 1 aromatic rings. The number of hydrogen-bond donors (Lipinski definition) is 1. The van der Waals surface area contributed by atoms with E-state index in [4.69, 9.17) is 4.74 Å². The Hall–Kier alpha value is -1.20. The van der Waals surface area contributed by atoms with Crippen LogP contribution in [0.25, 0.3) is 0 Å². The van der Waals surface area contributed by atoms with Crippen molar-refractivity contribution in [1.82, 2.24) is 0 Å². The van der Waals surface area contributed by atoms with Gasteiger partial charge in [0, 0.05) is 41.0 Å². The third kappa shape index (κ3) is 6.40. The Kier molecular flexibility index (Phi) is 8.23. The van der Waals surface area contributed by atoms with E-state index in [1.165, 1.54) is 0 Å². The minimum atomic E-state index is -0.942. The molecule has 1 atom stereocenters. The van der Waals surface area contributed by atoms with E-state index in [2.05, 4.69) is 5.32 Å². The standard InChI is InChI=1S/C16H25NO3S/c1-4-14(5-2)16(18)17-15-8-6-7-13(11-15)12-21(19)10-9-20-3/h6-8,11,14H,4-5,9-10,12H2,1-3H3,(H,17,18). The summed E-state index contributed by atoms with van der Waals surface area (Å²) >= 11 is 0. The number of ether oxygens (including phenoxy) is 1. The number of carbonyl (C=O) groups excluding carboxylic acids is 1. The number of carbonyl (C=O) groups is 1. The monoisotopic (exact) mass is 311 g/mol. The van der Waals surface area contributed by atoms with Crippen LogP contribution in [0.3, 0.4) is 0 Å². The van der Waals surface area contributed by atoms with Gasteiger partial charge in [-0.25, -0.2) is 0 Å². The molecule has 0 aliphatic carbocycles. The van der Waals surface area contributed by atoms with Crippen LogP contribution in [-0.4, -0.2) is 29.6 Å². The van der Waals surface area contributed by atoms with Crippen LogP contribution in [0.5, 0.6) is 0 Å². The summed E-state index contributed by atoms with van der Waals surface area (Å²) in [4.78, 5) is 12.1. The van der Waals surface area contributed by atoms with Crippen LogP contribution in [0.1, 0.15) is 32.3 Å². The average molecular weight is 311 g/mol. The van der Waals surface area contributed by atoms with Gasteiger partial charge < -0.3 is 10.1 Å². The molecule has 1 unspecified atom stereocenters. The summed E-state index contributed by atoms with van der Waals surface area (Å²) in [6, 6.07) is 7.57. The summed E-state index contributed by atoms with van der Waals surface area (Å²) in [5.74, 6) is 1.11. The Morgan fingerprint density at radius 1 is 1.33 bits per heavy atom. The second kappa shape index (κ2) is 9.68. The van der Waals surface area contributed by atoms with Crippen molar-refractivity contribution in [1.29, 1.82) is 0 Å². The average Bonchev–Trinajstić information content (AvgIpc) is 2.46. The van der Waals surface area contributed by atoms with E-state index in [0.717, 1.165) is 24.1 Å². The second-order valence-electron chi connectivity index (χ2n) is 4.98. The summed E-state index contributed by atoms with van der Waals surface area (Å²) in [6.45, 7) is 4.53. The highest BCUT2D eigenvalue weighted by Crippen LogP contribution is 2.16. The zero-order valence-electron chi connectivity index (χ0n) is 13.1. The smallest absolute Gasteiger partial charge is 0.227 e. The summed E-state index contributed by atoms with van der Waals surface area (Å²) in [7, 11) is 0.661. The predicted octanol–water partition coefficient (Wildman–Crippen LogP) is 2.96. The van der Waals surface area contributed by atoms with Gasteiger partial charge >= 0.3 is 0 Å². The van der Waals surface area contributed by atoms with E-state index < -0.39 is 10.8 Å². The predicted molar refractivity (Wildman–Crippen MR) is 87.7 cm³/mol. The topological polar surface area (TPSA) is 55.4 Å². The van der Waals surface area contributed by atoms with Crippen molar-refractivity contribution >= 4 is 22.4 Å². The normalized spacial score (nSPS) is 12.4. The third-order valence-corrected chi connectivity index (χ3v) is 4.67. The van der Waals surface area contributed by atoms with Crippen LogP contribution >= 0.6 is 0 Å². The molecule has 1 amide bonds. The van der Waals surface area contributed by atoms with Gasteiger partial charge in [-0.15, -0.1) is 0 Å². The lowest BCUT2D eigenvalue weighted by molar-refractivity contribution is -0.120. The Labute approximate surface area is 129 Å². The third-order valence-electron chi connectivity index (χ3n) is 3.39. The van der Waals surface area contributed by atoms with E-state index in [-0.39, 0.29) is 11.8 Å². The summed E-state index contributed by atoms with van der Waals surface area (Å²) < 4.78 is 16.8. The first-order valence-electron chi connectivity index (χ1n) is 7.34. The van der Waals surface area contributed by atoms with Crippen molar-refractivity contribution in [3.05, 3.63) is 29.8 Å². The number of rotatable bonds is 9. The number of hydrogen-bond acceptors (Lipinski definition) is 3. The van der Waals surface area contributed by atoms with Gasteiger partial charge in [0.25, 0.3) is 0 Å². The van der Waals surface area contributed by atoms with Gasteiger partial charge in [-0.1, -0.05) is 26.0 Å². The fourth-order valence-electron chi connectivity index (χ4n) is 2.08. The molecule has 0 saturated carbocycles. The Bertz CT molecular complexity index is 472. The van der Waals surface area contributed by atoms with Crippen LogP contribution in [0.15, 0.2) is 24.3 Å². The molecule has 118 valence electrons. The second-order valence-corrected chi connectivity index (χ2v) is 6.56. The highest BCUT2D eigenvalue weighted by Gasteiger charge is 2.14. The molecular formula is C16H25NO3S. The molecule has 1 N–H and O–H groups in total. The summed E-state index contributed by atoms with van der Waals surface area (Å²) in [5, 5.41) is 2.94. The number of amides is 1. The van der Waals surface area contributed by atoms with Crippen LogP contribution < -0.4 is 5.32 Å². The number of anilines is 1. The van der Waals surface area contributed by atoms with E-state index in [9.17, 15) is 9.00 Å². The molecular weight excluding hydrogens is 286 g/mol. The van der Waals surface area contributed by atoms with Crippen molar-refractivity contribution in [3.63, 3.8) is 0 Å². The Morgan fingerprint density at radius 3 is 2.67 bits per heavy atom. The maximum atomic E-state index is 12.1.